The summed E-state index contributed by atoms with van der Waals surface area (Å²) in [6, 6.07) is 19.1. The summed E-state index contributed by atoms with van der Waals surface area (Å²) in [6.45, 7) is 0.406. The summed E-state index contributed by atoms with van der Waals surface area (Å²) >= 11 is 0. The fourth-order valence-corrected chi connectivity index (χ4v) is 3.22. The van der Waals surface area contributed by atoms with Gasteiger partial charge < -0.3 is 14.8 Å². The molecule has 128 valence electrons. The van der Waals surface area contributed by atoms with E-state index in [-0.39, 0.29) is 5.91 Å². The molecule has 2 atom stereocenters. The minimum atomic E-state index is -1.16. The van der Waals surface area contributed by atoms with Crippen LogP contribution in [-0.4, -0.2) is 11.9 Å². The number of amides is 1. The third-order valence-corrected chi connectivity index (χ3v) is 4.57. The third kappa shape index (κ3) is 3.97. The summed E-state index contributed by atoms with van der Waals surface area (Å²) in [7, 11) is 0. The standard InChI is InChI=1S/C21H21NO3/c23-20(18-13-7-8-14-19(18)21(24)25)22(17-11-5-2-6-12-17)15-16-9-3-1-4-10-16/h1-12,18-19H,13-15H2,(H,24,25)/p-1/t18-,19+/m0/s1. The molecule has 0 bridgehead atoms. The van der Waals surface area contributed by atoms with Crippen molar-refractivity contribution in [2.24, 2.45) is 11.8 Å². The van der Waals surface area contributed by atoms with E-state index in [1.54, 1.807) is 4.90 Å². The van der Waals surface area contributed by atoms with E-state index in [1.807, 2.05) is 72.8 Å². The predicted molar refractivity (Wildman–Crippen MR) is 94.4 cm³/mol. The number of hydrogen-bond donors (Lipinski definition) is 0. The predicted octanol–water partition coefficient (Wildman–Crippen LogP) is 2.55. The van der Waals surface area contributed by atoms with Crippen LogP contribution in [0, 0.1) is 11.8 Å². The Morgan fingerprint density at radius 3 is 2.04 bits per heavy atom. The summed E-state index contributed by atoms with van der Waals surface area (Å²) < 4.78 is 0. The average molecular weight is 334 g/mol. The second kappa shape index (κ2) is 7.79. The molecule has 0 saturated carbocycles. The number of carboxylic acid groups (broad SMARTS) is 1. The Morgan fingerprint density at radius 1 is 0.880 bits per heavy atom. The van der Waals surface area contributed by atoms with E-state index in [4.69, 9.17) is 0 Å². The number of aliphatic carboxylic acids is 1. The fraction of sp³-hybridized carbons (Fsp3) is 0.238. The van der Waals surface area contributed by atoms with E-state index in [0.29, 0.717) is 19.4 Å². The number of para-hydroxylation sites is 1. The summed E-state index contributed by atoms with van der Waals surface area (Å²) in [6.07, 6.45) is 4.46. The van der Waals surface area contributed by atoms with Gasteiger partial charge in [0.05, 0.1) is 12.5 Å². The average Bonchev–Trinajstić information content (AvgIpc) is 2.67. The highest BCUT2D eigenvalue weighted by Gasteiger charge is 2.33. The Kier molecular flexibility index (Phi) is 5.29. The Bertz CT molecular complexity index is 755. The monoisotopic (exact) mass is 334 g/mol. The Balaban J connectivity index is 1.92. The number of anilines is 1. The number of hydrogen-bond acceptors (Lipinski definition) is 3. The first-order valence-electron chi connectivity index (χ1n) is 8.43. The van der Waals surface area contributed by atoms with Crippen LogP contribution in [0.2, 0.25) is 0 Å². The van der Waals surface area contributed by atoms with Gasteiger partial charge >= 0.3 is 0 Å². The lowest BCUT2D eigenvalue weighted by Gasteiger charge is -2.33. The maximum atomic E-state index is 13.2. The van der Waals surface area contributed by atoms with Crippen LogP contribution < -0.4 is 10.0 Å². The smallest absolute Gasteiger partial charge is 0.231 e. The van der Waals surface area contributed by atoms with Gasteiger partial charge in [-0.2, -0.15) is 0 Å². The number of carbonyl (C=O) groups excluding carboxylic acids is 2. The zero-order valence-corrected chi connectivity index (χ0v) is 13.9. The van der Waals surface area contributed by atoms with Gasteiger partial charge in [-0.3, -0.25) is 4.79 Å². The molecule has 4 heteroatoms. The molecule has 0 spiro atoms. The van der Waals surface area contributed by atoms with Crippen molar-refractivity contribution in [2.75, 3.05) is 4.90 Å². The van der Waals surface area contributed by atoms with Crippen LogP contribution in [0.5, 0.6) is 0 Å². The molecule has 0 fully saturated rings. The van der Waals surface area contributed by atoms with Crippen molar-refractivity contribution >= 4 is 17.6 Å². The molecule has 0 aromatic heterocycles. The number of carbonyl (C=O) groups is 2. The molecular weight excluding hydrogens is 314 g/mol. The largest absolute Gasteiger partial charge is 0.550 e. The number of nitrogens with zero attached hydrogens (tertiary/aromatic N) is 1. The van der Waals surface area contributed by atoms with E-state index in [2.05, 4.69) is 0 Å². The normalized spacial score (nSPS) is 19.4. The summed E-state index contributed by atoms with van der Waals surface area (Å²) in [5.41, 5.74) is 1.76. The first-order chi connectivity index (χ1) is 12.2. The topological polar surface area (TPSA) is 60.4 Å². The first-order valence-corrected chi connectivity index (χ1v) is 8.43. The van der Waals surface area contributed by atoms with Crippen molar-refractivity contribution in [3.05, 3.63) is 78.4 Å². The number of carboxylic acids is 1. The summed E-state index contributed by atoms with van der Waals surface area (Å²) in [5.74, 6) is -2.71. The molecule has 2 aromatic carbocycles. The van der Waals surface area contributed by atoms with Gasteiger partial charge in [0.2, 0.25) is 5.91 Å². The number of benzene rings is 2. The second-order valence-electron chi connectivity index (χ2n) is 6.22. The van der Waals surface area contributed by atoms with Crippen LogP contribution in [0.25, 0.3) is 0 Å². The molecule has 1 aliphatic carbocycles. The molecule has 4 nitrogen and oxygen atoms in total. The van der Waals surface area contributed by atoms with Crippen molar-refractivity contribution in [3.8, 4) is 0 Å². The van der Waals surface area contributed by atoms with Gasteiger partial charge in [0.1, 0.15) is 0 Å². The van der Waals surface area contributed by atoms with Gasteiger partial charge in [0.15, 0.2) is 0 Å². The lowest BCUT2D eigenvalue weighted by atomic mass is 9.82. The highest BCUT2D eigenvalue weighted by atomic mass is 16.4. The fourth-order valence-electron chi connectivity index (χ4n) is 3.22. The molecule has 2 aromatic rings. The zero-order valence-electron chi connectivity index (χ0n) is 13.9. The van der Waals surface area contributed by atoms with Gasteiger partial charge in [0, 0.05) is 17.6 Å². The van der Waals surface area contributed by atoms with E-state index in [0.717, 1.165) is 11.3 Å². The molecule has 0 saturated heterocycles. The van der Waals surface area contributed by atoms with Crippen LogP contribution >= 0.6 is 0 Å². The lowest BCUT2D eigenvalue weighted by Crippen LogP contribution is -2.45. The molecule has 0 N–H and O–H groups in total. The van der Waals surface area contributed by atoms with Crippen molar-refractivity contribution in [1.82, 2.24) is 0 Å². The van der Waals surface area contributed by atoms with E-state index >= 15 is 0 Å². The molecule has 0 aliphatic heterocycles. The van der Waals surface area contributed by atoms with Gasteiger partial charge in [-0.05, 0) is 30.5 Å². The van der Waals surface area contributed by atoms with Crippen LogP contribution in [-0.2, 0) is 16.1 Å². The Morgan fingerprint density at radius 2 is 1.44 bits per heavy atom. The molecule has 25 heavy (non-hydrogen) atoms. The summed E-state index contributed by atoms with van der Waals surface area (Å²) in [4.78, 5) is 26.4. The van der Waals surface area contributed by atoms with Crippen LogP contribution in [0.3, 0.4) is 0 Å². The minimum absolute atomic E-state index is 0.173. The molecule has 0 radical (unpaired) electrons. The van der Waals surface area contributed by atoms with E-state index in [1.165, 1.54) is 0 Å². The van der Waals surface area contributed by atoms with Crippen molar-refractivity contribution in [2.45, 2.75) is 19.4 Å². The Hall–Kier alpha value is -2.88. The molecular formula is C21H20NO3-. The zero-order chi connectivity index (χ0) is 17.6. The van der Waals surface area contributed by atoms with Crippen LogP contribution in [0.15, 0.2) is 72.8 Å². The molecule has 0 unspecified atom stereocenters. The van der Waals surface area contributed by atoms with Gasteiger partial charge in [-0.1, -0.05) is 60.7 Å². The van der Waals surface area contributed by atoms with Gasteiger partial charge in [0.25, 0.3) is 0 Å². The lowest BCUT2D eigenvalue weighted by molar-refractivity contribution is -0.313. The minimum Gasteiger partial charge on any atom is -0.550 e. The van der Waals surface area contributed by atoms with E-state index in [9.17, 15) is 14.7 Å². The molecule has 1 amide bonds. The maximum absolute atomic E-state index is 13.2. The third-order valence-electron chi connectivity index (χ3n) is 4.57. The number of allylic oxidation sites excluding steroid dienone is 2. The molecule has 1 aliphatic rings. The quantitative estimate of drug-likeness (QED) is 0.790. The maximum Gasteiger partial charge on any atom is 0.231 e. The van der Waals surface area contributed by atoms with Crippen LogP contribution in [0.1, 0.15) is 18.4 Å². The van der Waals surface area contributed by atoms with Crippen molar-refractivity contribution < 1.29 is 14.7 Å². The van der Waals surface area contributed by atoms with Gasteiger partial charge in [-0.15, -0.1) is 0 Å². The second-order valence-corrected chi connectivity index (χ2v) is 6.22. The SMILES string of the molecule is O=C([O-])[C@@H]1CC=CC[C@@H]1C(=O)N(Cc1ccccc1)c1ccccc1. The number of rotatable bonds is 5. The highest BCUT2D eigenvalue weighted by molar-refractivity contribution is 5.97. The van der Waals surface area contributed by atoms with Crippen molar-refractivity contribution in [1.29, 1.82) is 0 Å². The van der Waals surface area contributed by atoms with Gasteiger partial charge in [-0.25, -0.2) is 0 Å². The van der Waals surface area contributed by atoms with Crippen molar-refractivity contribution in [3.63, 3.8) is 0 Å². The van der Waals surface area contributed by atoms with E-state index < -0.39 is 17.8 Å². The van der Waals surface area contributed by atoms with Crippen LogP contribution in [0.4, 0.5) is 5.69 Å². The molecule has 0 heterocycles. The Labute approximate surface area is 147 Å². The summed E-state index contributed by atoms with van der Waals surface area (Å²) in [5, 5.41) is 11.5. The first kappa shape index (κ1) is 17.0. The highest BCUT2D eigenvalue weighted by Crippen LogP contribution is 2.30. The molecule has 3 rings (SSSR count).